The summed E-state index contributed by atoms with van der Waals surface area (Å²) >= 11 is 0. The Morgan fingerprint density at radius 2 is 1.54 bits per heavy atom. The molecule has 252 valence electrons. The number of hydrogen-bond donors (Lipinski definition) is 2. The lowest BCUT2D eigenvalue weighted by atomic mass is 9.86. The van der Waals surface area contributed by atoms with Crippen molar-refractivity contribution in [3.8, 4) is 0 Å². The highest BCUT2D eigenvalue weighted by atomic mass is 19.4. The van der Waals surface area contributed by atoms with Crippen LogP contribution in [0.2, 0.25) is 0 Å². The van der Waals surface area contributed by atoms with Gasteiger partial charge in [-0.05, 0) is 58.2 Å². The molecule has 2 fully saturated rings. The first-order valence-corrected chi connectivity index (χ1v) is 15.0. The van der Waals surface area contributed by atoms with Gasteiger partial charge in [0.1, 0.15) is 6.33 Å². The number of piperidine rings is 1. The van der Waals surface area contributed by atoms with Gasteiger partial charge in [0.25, 0.3) is 5.91 Å². The molecule has 1 amide bonds. The molecule has 14 heteroatoms. The zero-order valence-corrected chi connectivity index (χ0v) is 26.8. The second kappa shape index (κ2) is 15.6. The van der Waals surface area contributed by atoms with Crippen LogP contribution in [0.1, 0.15) is 65.6 Å². The average Bonchev–Trinajstić information content (AvgIpc) is 2.99. The quantitative estimate of drug-likeness (QED) is 0.400. The van der Waals surface area contributed by atoms with Gasteiger partial charge in [0.15, 0.2) is 0 Å². The largest absolute Gasteiger partial charge is 0.478 e. The topological polar surface area (TPSA) is 136 Å². The number of nitrogens with zero attached hydrogens (tertiary/aromatic N) is 5. The first-order valence-electron chi connectivity index (χ1n) is 15.0. The monoisotopic (exact) mass is 649 g/mol. The molecular formula is C32H42F3N5O6. The standard InChI is InChI=1S/C28H38F3N5O2.C4H4O4/c1-19-16-35(14-15-36(19)24(17-38-5)22-6-8-23(9-7-22)28(29,30)31)27(4)10-12-34(13-11-27)26(37)25-20(2)32-18-33-21(25)3;5-3(6)1-2-4(7)8/h6-9,18-19,24H,10-17H2,1-5H3;1-2H,(H,5,6)(H,7,8)/b;2-1-/t19-,24-;/m0./s1. The molecule has 2 aliphatic heterocycles. The van der Waals surface area contributed by atoms with E-state index in [2.05, 4.69) is 33.6 Å². The Bertz CT molecular complexity index is 1360. The van der Waals surface area contributed by atoms with Crippen LogP contribution in [0.3, 0.4) is 0 Å². The SMILES string of the molecule is COC[C@@H](c1ccc(C(F)(F)F)cc1)N1CCN(C2(C)CCN(C(=O)c3c(C)ncnc3C)CC2)C[C@@H]1C.O=C(O)/C=C\C(=O)O. The van der Waals surface area contributed by atoms with E-state index in [0.29, 0.717) is 48.8 Å². The fourth-order valence-electron chi connectivity index (χ4n) is 6.07. The summed E-state index contributed by atoms with van der Waals surface area (Å²) < 4.78 is 44.7. The number of aryl methyl sites for hydroxylation is 2. The van der Waals surface area contributed by atoms with Crippen molar-refractivity contribution in [1.82, 2.24) is 24.7 Å². The number of carboxylic acid groups (broad SMARTS) is 2. The summed E-state index contributed by atoms with van der Waals surface area (Å²) in [4.78, 5) is 47.5. The second-order valence-corrected chi connectivity index (χ2v) is 11.8. The number of piperazine rings is 1. The number of rotatable bonds is 8. The van der Waals surface area contributed by atoms with Gasteiger partial charge in [0.05, 0.1) is 35.2 Å². The zero-order valence-electron chi connectivity index (χ0n) is 26.8. The maximum Gasteiger partial charge on any atom is 0.416 e. The molecule has 0 unspecified atom stereocenters. The lowest BCUT2D eigenvalue weighted by Crippen LogP contribution is -2.62. The van der Waals surface area contributed by atoms with E-state index in [-0.39, 0.29) is 23.5 Å². The molecule has 1 aromatic heterocycles. The predicted octanol–water partition coefficient (Wildman–Crippen LogP) is 4.21. The maximum absolute atomic E-state index is 13.2. The number of benzene rings is 1. The van der Waals surface area contributed by atoms with Crippen LogP contribution in [0.15, 0.2) is 42.7 Å². The second-order valence-electron chi connectivity index (χ2n) is 11.8. The van der Waals surface area contributed by atoms with Crippen LogP contribution in [-0.4, -0.2) is 111 Å². The molecule has 2 atom stereocenters. The number of likely N-dealkylation sites (tertiary alicyclic amines) is 1. The van der Waals surface area contributed by atoms with E-state index in [0.717, 1.165) is 50.2 Å². The zero-order chi connectivity index (χ0) is 34.2. The lowest BCUT2D eigenvalue weighted by Gasteiger charge is -2.52. The number of aliphatic carboxylic acids is 2. The van der Waals surface area contributed by atoms with Gasteiger partial charge in [0, 0.05) is 63.6 Å². The number of carboxylic acids is 2. The van der Waals surface area contributed by atoms with Gasteiger partial charge in [-0.25, -0.2) is 19.6 Å². The lowest BCUT2D eigenvalue weighted by molar-refractivity contribution is -0.137. The fraction of sp³-hybridized carbons (Fsp3) is 0.531. The predicted molar refractivity (Wildman–Crippen MR) is 163 cm³/mol. The molecule has 2 N–H and O–H groups in total. The third kappa shape index (κ3) is 9.33. The minimum absolute atomic E-state index is 0.000198. The Kier molecular flexibility index (Phi) is 12.4. The molecule has 2 aromatic rings. The molecular weight excluding hydrogens is 607 g/mol. The number of alkyl halides is 3. The van der Waals surface area contributed by atoms with Crippen LogP contribution in [0.5, 0.6) is 0 Å². The van der Waals surface area contributed by atoms with Crippen LogP contribution in [0.25, 0.3) is 0 Å². The van der Waals surface area contributed by atoms with Crippen molar-refractivity contribution in [3.63, 3.8) is 0 Å². The third-order valence-corrected chi connectivity index (χ3v) is 8.73. The van der Waals surface area contributed by atoms with E-state index in [9.17, 15) is 27.6 Å². The highest BCUT2D eigenvalue weighted by Crippen LogP contribution is 2.35. The van der Waals surface area contributed by atoms with E-state index in [4.69, 9.17) is 14.9 Å². The summed E-state index contributed by atoms with van der Waals surface area (Å²) in [5.74, 6) is -2.51. The minimum atomic E-state index is -4.35. The molecule has 4 rings (SSSR count). The van der Waals surface area contributed by atoms with Gasteiger partial charge in [-0.1, -0.05) is 12.1 Å². The molecule has 0 bridgehead atoms. The van der Waals surface area contributed by atoms with Crippen molar-refractivity contribution in [2.45, 2.75) is 64.3 Å². The number of halogens is 3. The normalized spacial score (nSPS) is 19.7. The maximum atomic E-state index is 13.2. The molecule has 0 aliphatic carbocycles. The number of hydrogen-bond acceptors (Lipinski definition) is 8. The van der Waals surface area contributed by atoms with Gasteiger partial charge >= 0.3 is 18.1 Å². The number of carbonyl (C=O) groups is 3. The van der Waals surface area contributed by atoms with Crippen LogP contribution in [0.4, 0.5) is 13.2 Å². The summed E-state index contributed by atoms with van der Waals surface area (Å²) in [6.07, 6.45) is 0.000613. The van der Waals surface area contributed by atoms with Gasteiger partial charge < -0.3 is 19.8 Å². The molecule has 3 heterocycles. The molecule has 0 saturated carbocycles. The Morgan fingerprint density at radius 3 is 2.00 bits per heavy atom. The van der Waals surface area contributed by atoms with Gasteiger partial charge in [-0.3, -0.25) is 14.6 Å². The minimum Gasteiger partial charge on any atom is -0.478 e. The summed E-state index contributed by atoms with van der Waals surface area (Å²) in [7, 11) is 1.62. The van der Waals surface area contributed by atoms with E-state index >= 15 is 0 Å². The van der Waals surface area contributed by atoms with Crippen LogP contribution in [0, 0.1) is 13.8 Å². The molecule has 2 aliphatic rings. The van der Waals surface area contributed by atoms with E-state index < -0.39 is 23.7 Å². The van der Waals surface area contributed by atoms with Crippen LogP contribution in [-0.2, 0) is 20.5 Å². The van der Waals surface area contributed by atoms with Gasteiger partial charge in [-0.15, -0.1) is 0 Å². The Balaban J connectivity index is 0.000000637. The first-order chi connectivity index (χ1) is 21.6. The van der Waals surface area contributed by atoms with Crippen molar-refractivity contribution in [3.05, 3.63) is 70.8 Å². The van der Waals surface area contributed by atoms with Crippen LogP contribution < -0.4 is 0 Å². The van der Waals surface area contributed by atoms with E-state index in [1.165, 1.54) is 6.33 Å². The average molecular weight is 650 g/mol. The van der Waals surface area contributed by atoms with Crippen molar-refractivity contribution >= 4 is 17.8 Å². The highest BCUT2D eigenvalue weighted by Gasteiger charge is 2.41. The highest BCUT2D eigenvalue weighted by molar-refractivity contribution is 5.96. The molecule has 11 nitrogen and oxygen atoms in total. The first kappa shape index (κ1) is 36.6. The third-order valence-electron chi connectivity index (χ3n) is 8.73. The molecule has 2 saturated heterocycles. The van der Waals surface area contributed by atoms with Crippen molar-refractivity contribution in [2.24, 2.45) is 0 Å². The summed E-state index contributed by atoms with van der Waals surface area (Å²) in [6, 6.07) is 5.52. The number of methoxy groups -OCH3 is 1. The number of aromatic nitrogens is 2. The molecule has 0 spiro atoms. The summed E-state index contributed by atoms with van der Waals surface area (Å²) in [6.45, 7) is 12.4. The Labute approximate surface area is 266 Å². The molecule has 1 aromatic carbocycles. The van der Waals surface area contributed by atoms with E-state index in [1.54, 1.807) is 19.2 Å². The van der Waals surface area contributed by atoms with E-state index in [1.807, 2.05) is 18.7 Å². The summed E-state index contributed by atoms with van der Waals surface area (Å²) in [5, 5.41) is 15.6. The van der Waals surface area contributed by atoms with Crippen molar-refractivity contribution < 1.29 is 42.5 Å². The number of carbonyl (C=O) groups excluding carboxylic acids is 1. The van der Waals surface area contributed by atoms with Gasteiger partial charge in [-0.2, -0.15) is 13.2 Å². The molecule has 0 radical (unpaired) electrons. The molecule has 46 heavy (non-hydrogen) atoms. The smallest absolute Gasteiger partial charge is 0.416 e. The van der Waals surface area contributed by atoms with Crippen LogP contribution >= 0.6 is 0 Å². The summed E-state index contributed by atoms with van der Waals surface area (Å²) in [5.41, 5.74) is 2.18. The van der Waals surface area contributed by atoms with Gasteiger partial charge in [0.2, 0.25) is 0 Å². The Hall–Kier alpha value is -3.88. The fourth-order valence-corrected chi connectivity index (χ4v) is 6.07. The Morgan fingerprint density at radius 1 is 1.00 bits per heavy atom. The number of amides is 1. The van der Waals surface area contributed by atoms with Crippen molar-refractivity contribution in [1.29, 1.82) is 0 Å². The van der Waals surface area contributed by atoms with Crippen molar-refractivity contribution in [2.75, 3.05) is 46.4 Å². The number of ether oxygens (including phenoxy) is 1.